The number of Topliss-reactive ketones (excluding diaryl/α,β-unsaturated/α-hetero) is 1. The van der Waals surface area contributed by atoms with Gasteiger partial charge in [-0.1, -0.05) is 50.3 Å². The van der Waals surface area contributed by atoms with Crippen molar-refractivity contribution in [3.63, 3.8) is 0 Å². The summed E-state index contributed by atoms with van der Waals surface area (Å²) in [5, 5.41) is 0. The average Bonchev–Trinajstić information content (AvgIpc) is 2.63. The molecule has 0 aliphatic heterocycles. The highest BCUT2D eigenvalue weighted by Gasteiger charge is 2.31. The Morgan fingerprint density at radius 3 is 2.36 bits per heavy atom. The van der Waals surface area contributed by atoms with E-state index in [1.165, 1.54) is 7.11 Å². The van der Waals surface area contributed by atoms with Crippen molar-refractivity contribution in [1.29, 1.82) is 0 Å². The van der Waals surface area contributed by atoms with Crippen LogP contribution in [-0.4, -0.2) is 18.9 Å². The van der Waals surface area contributed by atoms with Gasteiger partial charge in [-0.15, -0.1) is 0 Å². The van der Waals surface area contributed by atoms with Crippen LogP contribution in [0, 0.1) is 0 Å². The third kappa shape index (κ3) is 3.55. The zero-order valence-corrected chi connectivity index (χ0v) is 14.8. The zero-order chi connectivity index (χ0) is 18.0. The normalized spacial score (nSPS) is 15.9. The summed E-state index contributed by atoms with van der Waals surface area (Å²) in [6, 6.07) is 13.3. The molecule has 0 amide bonds. The first-order chi connectivity index (χ1) is 11.9. The number of rotatable bonds is 3. The van der Waals surface area contributed by atoms with Gasteiger partial charge in [-0.25, -0.2) is 4.79 Å². The summed E-state index contributed by atoms with van der Waals surface area (Å²) in [5.41, 5.74) is 4.55. The van der Waals surface area contributed by atoms with Crippen molar-refractivity contribution in [3.05, 3.63) is 70.3 Å². The van der Waals surface area contributed by atoms with Gasteiger partial charge in [0.25, 0.3) is 0 Å². The van der Waals surface area contributed by atoms with Crippen molar-refractivity contribution in [3.8, 4) is 0 Å². The fourth-order valence-corrected chi connectivity index (χ4v) is 3.22. The number of esters is 1. The maximum atomic E-state index is 12.3. The SMILES string of the molecule is COC(=O)c1ccc(/C=C/c2ccc3c(c2)C(=O)CCC3(C)C)cc1. The maximum Gasteiger partial charge on any atom is 0.337 e. The lowest BCUT2D eigenvalue weighted by molar-refractivity contribution is 0.0600. The molecular weight excluding hydrogens is 312 g/mol. The monoisotopic (exact) mass is 334 g/mol. The lowest BCUT2D eigenvalue weighted by Crippen LogP contribution is -2.27. The Hall–Kier alpha value is -2.68. The van der Waals surface area contributed by atoms with Gasteiger partial charge in [0.1, 0.15) is 0 Å². The predicted octanol–water partition coefficient (Wildman–Crippen LogP) is 4.90. The molecule has 3 rings (SSSR count). The summed E-state index contributed by atoms with van der Waals surface area (Å²) in [6.07, 6.45) is 5.48. The third-order valence-electron chi connectivity index (χ3n) is 4.85. The summed E-state index contributed by atoms with van der Waals surface area (Å²) in [5.74, 6) is -0.113. The van der Waals surface area contributed by atoms with E-state index in [1.807, 2.05) is 30.4 Å². The number of hydrogen-bond donors (Lipinski definition) is 0. The first kappa shape index (κ1) is 17.2. The van der Waals surface area contributed by atoms with Crippen LogP contribution in [-0.2, 0) is 10.2 Å². The van der Waals surface area contributed by atoms with Gasteiger partial charge in [0.15, 0.2) is 5.78 Å². The summed E-state index contributed by atoms with van der Waals surface area (Å²) in [6.45, 7) is 4.38. The molecular formula is C22H22O3. The second kappa shape index (κ2) is 6.67. The molecule has 0 radical (unpaired) electrons. The highest BCUT2D eigenvalue weighted by molar-refractivity contribution is 5.99. The fourth-order valence-electron chi connectivity index (χ4n) is 3.22. The van der Waals surface area contributed by atoms with Crippen molar-refractivity contribution in [2.45, 2.75) is 32.1 Å². The molecule has 0 saturated heterocycles. The number of hydrogen-bond acceptors (Lipinski definition) is 3. The number of fused-ring (bicyclic) bond motifs is 1. The molecule has 2 aromatic rings. The number of carbonyl (C=O) groups is 2. The van der Waals surface area contributed by atoms with Crippen LogP contribution in [0.1, 0.15) is 64.1 Å². The summed E-state index contributed by atoms with van der Waals surface area (Å²) < 4.78 is 4.70. The number of methoxy groups -OCH3 is 1. The van der Waals surface area contributed by atoms with Gasteiger partial charge >= 0.3 is 5.97 Å². The second-order valence-corrected chi connectivity index (χ2v) is 7.06. The van der Waals surface area contributed by atoms with Crippen LogP contribution in [0.15, 0.2) is 42.5 Å². The maximum absolute atomic E-state index is 12.3. The molecule has 0 unspecified atom stereocenters. The fraction of sp³-hybridized carbons (Fsp3) is 0.273. The van der Waals surface area contributed by atoms with Crippen molar-refractivity contribution in [2.24, 2.45) is 0 Å². The van der Waals surface area contributed by atoms with Crippen LogP contribution < -0.4 is 0 Å². The molecule has 0 atom stereocenters. The molecule has 0 bridgehead atoms. The smallest absolute Gasteiger partial charge is 0.337 e. The molecule has 2 aromatic carbocycles. The predicted molar refractivity (Wildman–Crippen MR) is 99.7 cm³/mol. The molecule has 3 nitrogen and oxygen atoms in total. The molecule has 0 spiro atoms. The standard InChI is InChI=1S/C22H22O3/c1-22(2)13-12-20(23)18-14-16(8-11-19(18)22)5-4-15-6-9-17(10-7-15)21(24)25-3/h4-11,14H,12-13H2,1-3H3/b5-4+. The molecule has 128 valence electrons. The Balaban J connectivity index is 1.84. The van der Waals surface area contributed by atoms with Gasteiger partial charge in [0.2, 0.25) is 0 Å². The molecule has 0 aromatic heterocycles. The van der Waals surface area contributed by atoms with Gasteiger partial charge in [-0.3, -0.25) is 4.79 Å². The van der Waals surface area contributed by atoms with E-state index in [1.54, 1.807) is 12.1 Å². The molecule has 0 N–H and O–H groups in total. The minimum absolute atomic E-state index is 0.0508. The molecule has 1 aliphatic rings. The van der Waals surface area contributed by atoms with Crippen LogP contribution >= 0.6 is 0 Å². The Labute approximate surface area is 148 Å². The zero-order valence-electron chi connectivity index (χ0n) is 14.8. The minimum atomic E-state index is -0.341. The van der Waals surface area contributed by atoms with E-state index < -0.39 is 0 Å². The first-order valence-electron chi connectivity index (χ1n) is 8.45. The second-order valence-electron chi connectivity index (χ2n) is 7.06. The van der Waals surface area contributed by atoms with Gasteiger partial charge < -0.3 is 4.74 Å². The van der Waals surface area contributed by atoms with Gasteiger partial charge in [0.05, 0.1) is 12.7 Å². The number of ether oxygens (including phenoxy) is 1. The summed E-state index contributed by atoms with van der Waals surface area (Å²) >= 11 is 0. The topological polar surface area (TPSA) is 43.4 Å². The first-order valence-corrected chi connectivity index (χ1v) is 8.45. The third-order valence-corrected chi connectivity index (χ3v) is 4.85. The largest absolute Gasteiger partial charge is 0.465 e. The van der Waals surface area contributed by atoms with Crippen LogP contribution in [0.25, 0.3) is 12.2 Å². The molecule has 25 heavy (non-hydrogen) atoms. The van der Waals surface area contributed by atoms with E-state index in [2.05, 4.69) is 26.0 Å². The van der Waals surface area contributed by atoms with E-state index in [-0.39, 0.29) is 17.2 Å². The molecule has 0 saturated carbocycles. The number of benzene rings is 2. The lowest BCUT2D eigenvalue weighted by atomic mass is 9.72. The number of carbonyl (C=O) groups excluding carboxylic acids is 2. The Bertz CT molecular complexity index is 842. The molecule has 3 heteroatoms. The average molecular weight is 334 g/mol. The van der Waals surface area contributed by atoms with Crippen molar-refractivity contribution >= 4 is 23.9 Å². The lowest BCUT2D eigenvalue weighted by Gasteiger charge is -2.31. The van der Waals surface area contributed by atoms with E-state index in [0.29, 0.717) is 12.0 Å². The van der Waals surface area contributed by atoms with E-state index in [0.717, 1.165) is 28.7 Å². The van der Waals surface area contributed by atoms with E-state index in [9.17, 15) is 9.59 Å². The summed E-state index contributed by atoms with van der Waals surface area (Å²) in [7, 11) is 1.37. The quantitative estimate of drug-likeness (QED) is 0.592. The highest BCUT2D eigenvalue weighted by atomic mass is 16.5. The Morgan fingerprint density at radius 2 is 1.68 bits per heavy atom. The summed E-state index contributed by atoms with van der Waals surface area (Å²) in [4.78, 5) is 23.7. The molecule has 0 fully saturated rings. The van der Waals surface area contributed by atoms with Crippen molar-refractivity contribution < 1.29 is 14.3 Å². The van der Waals surface area contributed by atoms with E-state index in [4.69, 9.17) is 4.74 Å². The van der Waals surface area contributed by atoms with E-state index >= 15 is 0 Å². The van der Waals surface area contributed by atoms with Crippen molar-refractivity contribution in [2.75, 3.05) is 7.11 Å². The van der Waals surface area contributed by atoms with Gasteiger partial charge in [-0.05, 0) is 46.7 Å². The van der Waals surface area contributed by atoms with Crippen LogP contribution in [0.2, 0.25) is 0 Å². The van der Waals surface area contributed by atoms with Crippen LogP contribution in [0.4, 0.5) is 0 Å². The Morgan fingerprint density at radius 1 is 1.04 bits per heavy atom. The van der Waals surface area contributed by atoms with Crippen LogP contribution in [0.5, 0.6) is 0 Å². The Kier molecular flexibility index (Phi) is 4.58. The van der Waals surface area contributed by atoms with Crippen LogP contribution in [0.3, 0.4) is 0 Å². The van der Waals surface area contributed by atoms with Gasteiger partial charge in [-0.2, -0.15) is 0 Å². The molecule has 0 heterocycles. The van der Waals surface area contributed by atoms with Crippen molar-refractivity contribution in [1.82, 2.24) is 0 Å². The number of ketones is 1. The van der Waals surface area contributed by atoms with Gasteiger partial charge in [0, 0.05) is 12.0 Å². The highest BCUT2D eigenvalue weighted by Crippen LogP contribution is 2.37. The molecule has 1 aliphatic carbocycles. The minimum Gasteiger partial charge on any atom is -0.465 e.